The molecule has 62 valence electrons. The monoisotopic (exact) mass is 161 g/mol. The first-order valence-electron chi connectivity index (χ1n) is 2.85. The Hall–Kier alpha value is -1.46. The van der Waals surface area contributed by atoms with E-state index in [-0.39, 0.29) is 12.8 Å². The van der Waals surface area contributed by atoms with Crippen LogP contribution in [0.5, 0.6) is 0 Å². The lowest BCUT2D eigenvalue weighted by atomic mass is 10.2. The van der Waals surface area contributed by atoms with E-state index in [4.69, 9.17) is 10.2 Å². The molecule has 1 unspecified atom stereocenters. The molecule has 0 bridgehead atoms. The van der Waals surface area contributed by atoms with Crippen LogP contribution in [0, 0.1) is 4.91 Å². The Kier molecular flexibility index (Phi) is 3.79. The largest absolute Gasteiger partial charge is 0.481 e. The molecule has 1 atom stereocenters. The van der Waals surface area contributed by atoms with Crippen molar-refractivity contribution in [2.45, 2.75) is 18.9 Å². The molecule has 0 saturated carbocycles. The molecule has 0 aromatic carbocycles. The molecule has 6 heteroatoms. The Morgan fingerprint density at radius 3 is 2.18 bits per heavy atom. The Morgan fingerprint density at radius 1 is 1.36 bits per heavy atom. The van der Waals surface area contributed by atoms with Crippen molar-refractivity contribution in [3.05, 3.63) is 4.91 Å². The van der Waals surface area contributed by atoms with Crippen LogP contribution in [0.1, 0.15) is 12.8 Å². The summed E-state index contributed by atoms with van der Waals surface area (Å²) in [6.45, 7) is 0. The molecule has 0 aliphatic carbocycles. The molecule has 0 amide bonds. The molecule has 0 spiro atoms. The van der Waals surface area contributed by atoms with Gasteiger partial charge < -0.3 is 10.2 Å². The predicted octanol–water partition coefficient (Wildman–Crippen LogP) is 0.0708. The molecule has 0 fully saturated rings. The molecule has 0 heterocycles. The molecule has 0 aliphatic heterocycles. The number of hydrogen-bond acceptors (Lipinski definition) is 4. The van der Waals surface area contributed by atoms with E-state index in [1.807, 2.05) is 0 Å². The Labute approximate surface area is 61.8 Å². The van der Waals surface area contributed by atoms with Crippen LogP contribution in [0.4, 0.5) is 0 Å². The highest BCUT2D eigenvalue weighted by molar-refractivity contribution is 5.75. The fourth-order valence-electron chi connectivity index (χ4n) is 0.481. The molecule has 0 radical (unpaired) electrons. The summed E-state index contributed by atoms with van der Waals surface area (Å²) in [4.78, 5) is 29.7. The average molecular weight is 161 g/mol. The maximum absolute atomic E-state index is 10.1. The number of rotatable bonds is 5. The molecule has 11 heavy (non-hydrogen) atoms. The van der Waals surface area contributed by atoms with Gasteiger partial charge in [-0.15, -0.1) is 4.91 Å². The van der Waals surface area contributed by atoms with Crippen molar-refractivity contribution in [2.24, 2.45) is 5.18 Å². The standard InChI is InChI=1S/C5H7NO5/c7-4(8)2-1-3(6-11)5(9)10/h3H,1-2H2,(H,7,8)(H,9,10). The minimum atomic E-state index is -1.44. The van der Waals surface area contributed by atoms with Crippen LogP contribution in [0.2, 0.25) is 0 Å². The molecular weight excluding hydrogens is 154 g/mol. The quantitative estimate of drug-likeness (QED) is 0.555. The van der Waals surface area contributed by atoms with Gasteiger partial charge in [0.25, 0.3) is 0 Å². The number of carboxylic acid groups (broad SMARTS) is 2. The van der Waals surface area contributed by atoms with Gasteiger partial charge in [0.2, 0.25) is 0 Å². The fraction of sp³-hybridized carbons (Fsp3) is 0.600. The van der Waals surface area contributed by atoms with Gasteiger partial charge in [-0.3, -0.25) is 4.79 Å². The van der Waals surface area contributed by atoms with Crippen molar-refractivity contribution in [3.8, 4) is 0 Å². The first kappa shape index (κ1) is 9.54. The zero-order chi connectivity index (χ0) is 8.85. The lowest BCUT2D eigenvalue weighted by Gasteiger charge is -1.98. The lowest BCUT2D eigenvalue weighted by Crippen LogP contribution is -2.18. The minimum absolute atomic E-state index is 0.256. The van der Waals surface area contributed by atoms with E-state index in [1.165, 1.54) is 0 Å². The molecule has 2 N–H and O–H groups in total. The lowest BCUT2D eigenvalue weighted by molar-refractivity contribution is -0.139. The van der Waals surface area contributed by atoms with Crippen LogP contribution in [0.25, 0.3) is 0 Å². The van der Waals surface area contributed by atoms with Gasteiger partial charge in [-0.1, -0.05) is 5.18 Å². The minimum Gasteiger partial charge on any atom is -0.481 e. The van der Waals surface area contributed by atoms with E-state index in [1.54, 1.807) is 0 Å². The highest BCUT2D eigenvalue weighted by atomic mass is 16.4. The van der Waals surface area contributed by atoms with E-state index in [9.17, 15) is 14.5 Å². The second-order valence-corrected chi connectivity index (χ2v) is 1.89. The molecule has 6 nitrogen and oxygen atoms in total. The third-order valence-electron chi connectivity index (χ3n) is 1.04. The number of carbonyl (C=O) groups is 2. The second kappa shape index (κ2) is 4.37. The maximum Gasteiger partial charge on any atom is 0.332 e. The molecule has 0 aromatic heterocycles. The molecule has 0 rings (SSSR count). The number of carboxylic acids is 2. The van der Waals surface area contributed by atoms with Crippen LogP contribution in [0.3, 0.4) is 0 Å². The number of nitroso groups, excluding NO2 is 1. The summed E-state index contributed by atoms with van der Waals surface area (Å²) in [5.74, 6) is -2.53. The highest BCUT2D eigenvalue weighted by Gasteiger charge is 2.18. The number of hydrogen-bond donors (Lipinski definition) is 2. The first-order chi connectivity index (χ1) is 5.07. The van der Waals surface area contributed by atoms with E-state index >= 15 is 0 Å². The smallest absolute Gasteiger partial charge is 0.332 e. The van der Waals surface area contributed by atoms with Gasteiger partial charge in [0.05, 0.1) is 0 Å². The van der Waals surface area contributed by atoms with E-state index in [0.717, 1.165) is 0 Å². The van der Waals surface area contributed by atoms with Crippen molar-refractivity contribution < 1.29 is 19.8 Å². The molecular formula is C5H7NO5. The predicted molar refractivity (Wildman–Crippen MR) is 34.1 cm³/mol. The third-order valence-corrected chi connectivity index (χ3v) is 1.04. The Bertz CT molecular complexity index is 178. The first-order valence-corrected chi connectivity index (χ1v) is 2.85. The van der Waals surface area contributed by atoms with Gasteiger partial charge in [-0.05, 0) is 6.42 Å². The van der Waals surface area contributed by atoms with Crippen LogP contribution < -0.4 is 0 Å². The Balaban J connectivity index is 3.79. The van der Waals surface area contributed by atoms with E-state index < -0.39 is 18.0 Å². The summed E-state index contributed by atoms with van der Waals surface area (Å²) in [5.41, 5.74) is 0. The molecule has 0 aliphatic rings. The van der Waals surface area contributed by atoms with Gasteiger partial charge in [0.1, 0.15) is 0 Å². The van der Waals surface area contributed by atoms with Gasteiger partial charge in [0.15, 0.2) is 6.04 Å². The molecule has 0 aromatic rings. The highest BCUT2D eigenvalue weighted by Crippen LogP contribution is 2.01. The zero-order valence-corrected chi connectivity index (χ0v) is 5.56. The zero-order valence-electron chi connectivity index (χ0n) is 5.56. The number of nitrogens with zero attached hydrogens (tertiary/aromatic N) is 1. The second-order valence-electron chi connectivity index (χ2n) is 1.89. The summed E-state index contributed by atoms with van der Waals surface area (Å²) in [6, 6.07) is -1.44. The maximum atomic E-state index is 10.1. The SMILES string of the molecule is O=NC(CCC(=O)O)C(=O)O. The van der Waals surface area contributed by atoms with Crippen molar-refractivity contribution in [3.63, 3.8) is 0 Å². The third kappa shape index (κ3) is 4.01. The van der Waals surface area contributed by atoms with Gasteiger partial charge in [-0.2, -0.15) is 0 Å². The molecule has 0 saturated heterocycles. The van der Waals surface area contributed by atoms with Crippen LogP contribution in [-0.2, 0) is 9.59 Å². The Morgan fingerprint density at radius 2 is 1.91 bits per heavy atom. The average Bonchev–Trinajstić information content (AvgIpc) is 1.87. The van der Waals surface area contributed by atoms with Crippen LogP contribution in [0.15, 0.2) is 5.18 Å². The van der Waals surface area contributed by atoms with Gasteiger partial charge in [0, 0.05) is 6.42 Å². The van der Waals surface area contributed by atoms with Crippen molar-refractivity contribution in [2.75, 3.05) is 0 Å². The fourth-order valence-corrected chi connectivity index (χ4v) is 0.481. The van der Waals surface area contributed by atoms with Crippen molar-refractivity contribution in [1.82, 2.24) is 0 Å². The van der Waals surface area contributed by atoms with Crippen molar-refractivity contribution in [1.29, 1.82) is 0 Å². The summed E-state index contributed by atoms with van der Waals surface area (Å²) in [6.07, 6.45) is -0.614. The van der Waals surface area contributed by atoms with E-state index in [0.29, 0.717) is 0 Å². The normalized spacial score (nSPS) is 12.0. The van der Waals surface area contributed by atoms with Crippen LogP contribution in [-0.4, -0.2) is 28.2 Å². The van der Waals surface area contributed by atoms with E-state index in [2.05, 4.69) is 5.18 Å². The van der Waals surface area contributed by atoms with Gasteiger partial charge >= 0.3 is 11.9 Å². The topological polar surface area (TPSA) is 104 Å². The summed E-state index contributed by atoms with van der Waals surface area (Å²) in [7, 11) is 0. The summed E-state index contributed by atoms with van der Waals surface area (Å²) < 4.78 is 0. The van der Waals surface area contributed by atoms with Gasteiger partial charge in [-0.25, -0.2) is 4.79 Å². The summed E-state index contributed by atoms with van der Waals surface area (Å²) in [5, 5.41) is 18.5. The summed E-state index contributed by atoms with van der Waals surface area (Å²) >= 11 is 0. The van der Waals surface area contributed by atoms with Crippen LogP contribution >= 0.6 is 0 Å². The van der Waals surface area contributed by atoms with Crippen molar-refractivity contribution >= 4 is 11.9 Å². The number of aliphatic carboxylic acids is 2.